The molecule has 2 heteroatoms. The summed E-state index contributed by atoms with van der Waals surface area (Å²) in [6, 6.07) is 8.26. The standard InChI is InChI=1S/C14H14ClN/c1-9-4-5-13(16-8-9)12-6-10(2)14(15)11(3)7-12/h4-8H,1-3H3. The first kappa shape index (κ1) is 11.2. The van der Waals surface area contributed by atoms with E-state index in [0.717, 1.165) is 27.4 Å². The largest absolute Gasteiger partial charge is 0.256 e. The van der Waals surface area contributed by atoms with Crippen LogP contribution in [0, 0.1) is 20.8 Å². The van der Waals surface area contributed by atoms with Crippen LogP contribution in [-0.2, 0) is 0 Å². The van der Waals surface area contributed by atoms with E-state index in [1.54, 1.807) is 0 Å². The maximum Gasteiger partial charge on any atom is 0.0702 e. The molecular formula is C14H14ClN. The van der Waals surface area contributed by atoms with E-state index < -0.39 is 0 Å². The molecule has 0 radical (unpaired) electrons. The predicted octanol–water partition coefficient (Wildman–Crippen LogP) is 4.33. The molecular weight excluding hydrogens is 218 g/mol. The van der Waals surface area contributed by atoms with Gasteiger partial charge in [-0.25, -0.2) is 0 Å². The molecule has 0 bridgehead atoms. The molecule has 0 amide bonds. The molecule has 0 saturated carbocycles. The highest BCUT2D eigenvalue weighted by molar-refractivity contribution is 6.32. The fourth-order valence-corrected chi connectivity index (χ4v) is 1.84. The Bertz CT molecular complexity index is 492. The number of aryl methyl sites for hydroxylation is 3. The van der Waals surface area contributed by atoms with E-state index in [2.05, 4.69) is 23.2 Å². The molecule has 2 rings (SSSR count). The number of benzene rings is 1. The van der Waals surface area contributed by atoms with Gasteiger partial charge in [-0.05, 0) is 55.7 Å². The minimum atomic E-state index is 0.843. The Morgan fingerprint density at radius 3 is 2.12 bits per heavy atom. The highest BCUT2D eigenvalue weighted by Crippen LogP contribution is 2.27. The van der Waals surface area contributed by atoms with E-state index in [0.29, 0.717) is 0 Å². The van der Waals surface area contributed by atoms with E-state index in [4.69, 9.17) is 11.6 Å². The zero-order chi connectivity index (χ0) is 11.7. The number of pyridine rings is 1. The average molecular weight is 232 g/mol. The normalized spacial score (nSPS) is 10.5. The lowest BCUT2D eigenvalue weighted by molar-refractivity contribution is 1.26. The number of aromatic nitrogens is 1. The van der Waals surface area contributed by atoms with Gasteiger partial charge in [0.05, 0.1) is 5.69 Å². The smallest absolute Gasteiger partial charge is 0.0702 e. The number of halogens is 1. The van der Waals surface area contributed by atoms with Gasteiger partial charge in [0.25, 0.3) is 0 Å². The van der Waals surface area contributed by atoms with Gasteiger partial charge >= 0.3 is 0 Å². The molecule has 82 valence electrons. The van der Waals surface area contributed by atoms with Gasteiger partial charge in [0, 0.05) is 16.8 Å². The molecule has 0 aliphatic carbocycles. The Balaban J connectivity index is 2.52. The van der Waals surface area contributed by atoms with Crippen LogP contribution in [0.1, 0.15) is 16.7 Å². The van der Waals surface area contributed by atoms with E-state index in [9.17, 15) is 0 Å². The second kappa shape index (κ2) is 4.26. The van der Waals surface area contributed by atoms with Gasteiger partial charge in [-0.3, -0.25) is 4.98 Å². The van der Waals surface area contributed by atoms with Gasteiger partial charge < -0.3 is 0 Å². The third kappa shape index (κ3) is 2.10. The third-order valence-electron chi connectivity index (χ3n) is 2.64. The van der Waals surface area contributed by atoms with Gasteiger partial charge in [0.1, 0.15) is 0 Å². The van der Waals surface area contributed by atoms with Crippen LogP contribution in [0.2, 0.25) is 5.02 Å². The highest BCUT2D eigenvalue weighted by atomic mass is 35.5. The van der Waals surface area contributed by atoms with Crippen molar-refractivity contribution in [2.24, 2.45) is 0 Å². The molecule has 0 fully saturated rings. The summed E-state index contributed by atoms with van der Waals surface area (Å²) in [7, 11) is 0. The van der Waals surface area contributed by atoms with Crippen molar-refractivity contribution in [2.45, 2.75) is 20.8 Å². The summed E-state index contributed by atoms with van der Waals surface area (Å²) in [6.45, 7) is 6.08. The van der Waals surface area contributed by atoms with Crippen molar-refractivity contribution < 1.29 is 0 Å². The zero-order valence-electron chi connectivity index (χ0n) is 9.71. The zero-order valence-corrected chi connectivity index (χ0v) is 10.5. The van der Waals surface area contributed by atoms with Gasteiger partial charge in [-0.1, -0.05) is 17.7 Å². The summed E-state index contributed by atoms with van der Waals surface area (Å²) >= 11 is 6.14. The molecule has 0 aliphatic heterocycles. The topological polar surface area (TPSA) is 12.9 Å². The van der Waals surface area contributed by atoms with Crippen molar-refractivity contribution in [1.82, 2.24) is 4.98 Å². The lowest BCUT2D eigenvalue weighted by atomic mass is 10.0. The molecule has 0 atom stereocenters. The highest BCUT2D eigenvalue weighted by Gasteiger charge is 2.05. The minimum absolute atomic E-state index is 0.843. The molecule has 16 heavy (non-hydrogen) atoms. The Morgan fingerprint density at radius 2 is 1.62 bits per heavy atom. The van der Waals surface area contributed by atoms with Crippen LogP contribution in [0.3, 0.4) is 0 Å². The molecule has 2 aromatic rings. The van der Waals surface area contributed by atoms with E-state index >= 15 is 0 Å². The summed E-state index contributed by atoms with van der Waals surface area (Å²) in [6.07, 6.45) is 1.88. The second-order valence-corrected chi connectivity index (χ2v) is 4.52. The summed E-state index contributed by atoms with van der Waals surface area (Å²) in [5, 5.41) is 0.843. The number of hydrogen-bond donors (Lipinski definition) is 0. The quantitative estimate of drug-likeness (QED) is 0.712. The van der Waals surface area contributed by atoms with E-state index in [-0.39, 0.29) is 0 Å². The Labute approximate surface area is 101 Å². The van der Waals surface area contributed by atoms with Crippen molar-refractivity contribution in [3.63, 3.8) is 0 Å². The lowest BCUT2D eigenvalue weighted by Gasteiger charge is -2.07. The molecule has 0 saturated heterocycles. The first-order chi connectivity index (χ1) is 7.58. The molecule has 1 aromatic heterocycles. The van der Waals surface area contributed by atoms with Crippen molar-refractivity contribution in [2.75, 3.05) is 0 Å². The van der Waals surface area contributed by atoms with Crippen LogP contribution in [0.4, 0.5) is 0 Å². The monoisotopic (exact) mass is 231 g/mol. The van der Waals surface area contributed by atoms with Crippen molar-refractivity contribution in [3.05, 3.63) is 52.2 Å². The van der Waals surface area contributed by atoms with Gasteiger partial charge in [-0.2, -0.15) is 0 Å². The Hall–Kier alpha value is -1.34. The van der Waals surface area contributed by atoms with Crippen LogP contribution in [0.15, 0.2) is 30.5 Å². The second-order valence-electron chi connectivity index (χ2n) is 4.14. The minimum Gasteiger partial charge on any atom is -0.256 e. The summed E-state index contributed by atoms with van der Waals surface area (Å²) in [5.74, 6) is 0. The summed E-state index contributed by atoms with van der Waals surface area (Å²) in [5.41, 5.74) is 5.48. The predicted molar refractivity (Wildman–Crippen MR) is 68.9 cm³/mol. The SMILES string of the molecule is Cc1ccc(-c2cc(C)c(Cl)c(C)c2)nc1. The third-order valence-corrected chi connectivity index (χ3v) is 3.24. The van der Waals surface area contributed by atoms with Crippen LogP contribution < -0.4 is 0 Å². The number of nitrogens with zero attached hydrogens (tertiary/aromatic N) is 1. The molecule has 1 heterocycles. The maximum atomic E-state index is 6.14. The Morgan fingerprint density at radius 1 is 1.00 bits per heavy atom. The van der Waals surface area contributed by atoms with Crippen LogP contribution >= 0.6 is 11.6 Å². The maximum absolute atomic E-state index is 6.14. The number of hydrogen-bond acceptors (Lipinski definition) is 1. The van der Waals surface area contributed by atoms with E-state index in [1.165, 1.54) is 5.56 Å². The molecule has 0 unspecified atom stereocenters. The lowest BCUT2D eigenvalue weighted by Crippen LogP contribution is -1.88. The van der Waals surface area contributed by atoms with E-state index in [1.807, 2.05) is 33.0 Å². The first-order valence-corrected chi connectivity index (χ1v) is 5.65. The average Bonchev–Trinajstić information content (AvgIpc) is 2.26. The van der Waals surface area contributed by atoms with Gasteiger partial charge in [-0.15, -0.1) is 0 Å². The van der Waals surface area contributed by atoms with Gasteiger partial charge in [0.2, 0.25) is 0 Å². The summed E-state index contributed by atoms with van der Waals surface area (Å²) < 4.78 is 0. The molecule has 1 nitrogen and oxygen atoms in total. The van der Waals surface area contributed by atoms with Gasteiger partial charge in [0.15, 0.2) is 0 Å². The fraction of sp³-hybridized carbons (Fsp3) is 0.214. The van der Waals surface area contributed by atoms with Crippen molar-refractivity contribution >= 4 is 11.6 Å². The molecule has 0 spiro atoms. The molecule has 1 aromatic carbocycles. The first-order valence-electron chi connectivity index (χ1n) is 5.27. The fourth-order valence-electron chi connectivity index (χ4n) is 1.73. The Kier molecular flexibility index (Phi) is 2.97. The molecule has 0 N–H and O–H groups in total. The molecule has 0 aliphatic rings. The summed E-state index contributed by atoms with van der Waals surface area (Å²) in [4.78, 5) is 4.42. The van der Waals surface area contributed by atoms with Crippen molar-refractivity contribution in [3.8, 4) is 11.3 Å². The van der Waals surface area contributed by atoms with Crippen molar-refractivity contribution in [1.29, 1.82) is 0 Å². The number of rotatable bonds is 1. The van der Waals surface area contributed by atoms with Crippen LogP contribution in [0.25, 0.3) is 11.3 Å². The van der Waals surface area contributed by atoms with Crippen LogP contribution in [0.5, 0.6) is 0 Å². The van der Waals surface area contributed by atoms with Crippen LogP contribution in [-0.4, -0.2) is 4.98 Å².